The lowest BCUT2D eigenvalue weighted by Crippen LogP contribution is -2.44. The van der Waals surface area contributed by atoms with E-state index in [4.69, 9.17) is 14.5 Å². The first kappa shape index (κ1) is 17.9. The topological polar surface area (TPSA) is 67.8 Å². The third-order valence-corrected chi connectivity index (χ3v) is 4.92. The van der Waals surface area contributed by atoms with Gasteiger partial charge in [0.05, 0.1) is 32.5 Å². The number of rotatable bonds is 3. The maximum absolute atomic E-state index is 13.0. The molecule has 2 saturated heterocycles. The zero-order valence-electron chi connectivity index (χ0n) is 15.5. The van der Waals surface area contributed by atoms with E-state index in [1.165, 1.54) is 0 Å². The van der Waals surface area contributed by atoms with Crippen molar-refractivity contribution in [1.29, 1.82) is 0 Å². The second-order valence-electron chi connectivity index (χ2n) is 6.82. The van der Waals surface area contributed by atoms with E-state index < -0.39 is 0 Å². The molecule has 0 unspecified atom stereocenters. The van der Waals surface area contributed by atoms with Crippen molar-refractivity contribution in [3.63, 3.8) is 0 Å². The summed E-state index contributed by atoms with van der Waals surface area (Å²) in [5.74, 6) is 1.28. The van der Waals surface area contributed by atoms with E-state index in [2.05, 4.69) is 16.8 Å². The minimum atomic E-state index is -0.0694. The molecule has 2 fully saturated rings. The molecular weight excluding hydrogens is 344 g/mol. The van der Waals surface area contributed by atoms with Crippen LogP contribution in [0.15, 0.2) is 36.4 Å². The van der Waals surface area contributed by atoms with Crippen molar-refractivity contribution in [2.75, 3.05) is 51.0 Å². The normalized spacial score (nSPS) is 20.6. The molecule has 7 heteroatoms. The van der Waals surface area contributed by atoms with Gasteiger partial charge in [0.25, 0.3) is 5.91 Å². The maximum atomic E-state index is 13.0. The summed E-state index contributed by atoms with van der Waals surface area (Å²) < 4.78 is 10.9. The Hall–Kier alpha value is -2.51. The Bertz CT molecular complexity index is 793. The highest BCUT2D eigenvalue weighted by Gasteiger charge is 2.25. The van der Waals surface area contributed by atoms with E-state index in [9.17, 15) is 4.79 Å². The molecule has 27 heavy (non-hydrogen) atoms. The Balaban J connectivity index is 1.73. The van der Waals surface area contributed by atoms with Gasteiger partial charge in [-0.3, -0.25) is 4.79 Å². The molecule has 1 atom stereocenters. The van der Waals surface area contributed by atoms with Crippen LogP contribution in [0.3, 0.4) is 0 Å². The van der Waals surface area contributed by atoms with Crippen molar-refractivity contribution in [3.05, 3.63) is 42.1 Å². The zero-order valence-corrected chi connectivity index (χ0v) is 15.5. The van der Waals surface area contributed by atoms with Gasteiger partial charge in [-0.1, -0.05) is 30.3 Å². The number of aromatic nitrogens is 2. The number of carbonyl (C=O) groups excluding carboxylic acids is 1. The monoisotopic (exact) mass is 368 g/mol. The van der Waals surface area contributed by atoms with E-state index in [0.29, 0.717) is 51.0 Å². The molecule has 4 rings (SSSR count). The van der Waals surface area contributed by atoms with Crippen LogP contribution in [0.2, 0.25) is 0 Å². The fourth-order valence-corrected chi connectivity index (χ4v) is 3.40. The van der Waals surface area contributed by atoms with E-state index in [1.807, 2.05) is 36.4 Å². The minimum absolute atomic E-state index is 0.0694. The summed E-state index contributed by atoms with van der Waals surface area (Å²) in [5, 5.41) is 0. The number of amides is 1. The molecular formula is C20H24N4O3. The predicted molar refractivity (Wildman–Crippen MR) is 102 cm³/mol. The van der Waals surface area contributed by atoms with Crippen molar-refractivity contribution in [3.8, 4) is 11.4 Å². The van der Waals surface area contributed by atoms with Gasteiger partial charge in [-0.2, -0.15) is 0 Å². The summed E-state index contributed by atoms with van der Waals surface area (Å²) in [7, 11) is 0. The van der Waals surface area contributed by atoms with Crippen molar-refractivity contribution in [2.45, 2.75) is 13.0 Å². The lowest BCUT2D eigenvalue weighted by atomic mass is 10.2. The van der Waals surface area contributed by atoms with E-state index in [0.717, 1.165) is 17.9 Å². The Morgan fingerprint density at radius 1 is 1.04 bits per heavy atom. The van der Waals surface area contributed by atoms with Crippen molar-refractivity contribution >= 4 is 11.7 Å². The second-order valence-corrected chi connectivity index (χ2v) is 6.82. The zero-order chi connectivity index (χ0) is 18.6. The first-order chi connectivity index (χ1) is 13.2. The van der Waals surface area contributed by atoms with Gasteiger partial charge in [0.15, 0.2) is 5.82 Å². The van der Waals surface area contributed by atoms with Crippen LogP contribution in [0, 0.1) is 0 Å². The molecule has 0 saturated carbocycles. The number of nitrogens with zero attached hydrogens (tertiary/aromatic N) is 4. The SMILES string of the molecule is C[C@H]1COCCN1c1cc(C(=O)N2CCOCC2)nc(-c2ccccc2)n1. The van der Waals surface area contributed by atoms with Crippen LogP contribution in [0.25, 0.3) is 11.4 Å². The number of hydrogen-bond donors (Lipinski definition) is 0. The number of morpholine rings is 2. The summed E-state index contributed by atoms with van der Waals surface area (Å²) in [6, 6.07) is 11.8. The number of ether oxygens (including phenoxy) is 2. The second kappa shape index (κ2) is 8.02. The summed E-state index contributed by atoms with van der Waals surface area (Å²) in [4.78, 5) is 26.4. The fraction of sp³-hybridized carbons (Fsp3) is 0.450. The smallest absolute Gasteiger partial charge is 0.272 e. The highest BCUT2D eigenvalue weighted by Crippen LogP contribution is 2.24. The van der Waals surface area contributed by atoms with Crippen molar-refractivity contribution in [2.24, 2.45) is 0 Å². The summed E-state index contributed by atoms with van der Waals surface area (Å²) in [5.41, 5.74) is 1.33. The van der Waals surface area contributed by atoms with Gasteiger partial charge in [0, 0.05) is 31.3 Å². The van der Waals surface area contributed by atoms with Gasteiger partial charge in [0.1, 0.15) is 11.5 Å². The Labute approximate surface area is 158 Å². The van der Waals surface area contributed by atoms with E-state index in [1.54, 1.807) is 4.90 Å². The van der Waals surface area contributed by atoms with Gasteiger partial charge >= 0.3 is 0 Å². The third kappa shape index (κ3) is 3.94. The predicted octanol–water partition coefficient (Wildman–Crippen LogP) is 1.84. The molecule has 1 aromatic carbocycles. The minimum Gasteiger partial charge on any atom is -0.378 e. The molecule has 7 nitrogen and oxygen atoms in total. The molecule has 0 bridgehead atoms. The largest absolute Gasteiger partial charge is 0.378 e. The summed E-state index contributed by atoms with van der Waals surface area (Å²) >= 11 is 0. The van der Waals surface area contributed by atoms with Crippen LogP contribution in [-0.2, 0) is 9.47 Å². The Kier molecular flexibility index (Phi) is 5.31. The quantitative estimate of drug-likeness (QED) is 0.824. The first-order valence-corrected chi connectivity index (χ1v) is 9.38. The lowest BCUT2D eigenvalue weighted by Gasteiger charge is -2.34. The molecule has 1 amide bonds. The summed E-state index contributed by atoms with van der Waals surface area (Å²) in [6.45, 7) is 6.47. The fourth-order valence-electron chi connectivity index (χ4n) is 3.40. The average molecular weight is 368 g/mol. The number of carbonyl (C=O) groups is 1. The van der Waals surface area contributed by atoms with Gasteiger partial charge in [-0.15, -0.1) is 0 Å². The first-order valence-electron chi connectivity index (χ1n) is 9.38. The van der Waals surface area contributed by atoms with Crippen LogP contribution in [0.5, 0.6) is 0 Å². The van der Waals surface area contributed by atoms with E-state index in [-0.39, 0.29) is 11.9 Å². The number of benzene rings is 1. The number of hydrogen-bond acceptors (Lipinski definition) is 6. The van der Waals surface area contributed by atoms with Crippen LogP contribution < -0.4 is 4.90 Å². The standard InChI is InChI=1S/C20H24N4O3/c1-15-14-27-12-9-24(15)18-13-17(20(25)23-7-10-26-11-8-23)21-19(22-18)16-5-3-2-4-6-16/h2-6,13,15H,7-12,14H2,1H3/t15-/m0/s1. The van der Waals surface area contributed by atoms with Crippen LogP contribution in [-0.4, -0.2) is 72.9 Å². The van der Waals surface area contributed by atoms with Crippen LogP contribution >= 0.6 is 0 Å². The molecule has 142 valence electrons. The van der Waals surface area contributed by atoms with Crippen molar-refractivity contribution in [1.82, 2.24) is 14.9 Å². The van der Waals surface area contributed by atoms with Gasteiger partial charge < -0.3 is 19.3 Å². The molecule has 0 aliphatic carbocycles. The summed E-state index contributed by atoms with van der Waals surface area (Å²) in [6.07, 6.45) is 0. The lowest BCUT2D eigenvalue weighted by molar-refractivity contribution is 0.0299. The highest BCUT2D eigenvalue weighted by molar-refractivity contribution is 5.93. The molecule has 2 aromatic rings. The molecule has 0 radical (unpaired) electrons. The van der Waals surface area contributed by atoms with E-state index >= 15 is 0 Å². The van der Waals surface area contributed by atoms with Crippen LogP contribution in [0.4, 0.5) is 5.82 Å². The van der Waals surface area contributed by atoms with Crippen molar-refractivity contribution < 1.29 is 14.3 Å². The van der Waals surface area contributed by atoms with Crippen LogP contribution in [0.1, 0.15) is 17.4 Å². The van der Waals surface area contributed by atoms with Gasteiger partial charge in [-0.05, 0) is 6.92 Å². The molecule has 0 N–H and O–H groups in total. The average Bonchev–Trinajstić information content (AvgIpc) is 2.74. The Morgan fingerprint density at radius 3 is 2.52 bits per heavy atom. The molecule has 3 heterocycles. The van der Waals surface area contributed by atoms with Gasteiger partial charge in [-0.25, -0.2) is 9.97 Å². The number of anilines is 1. The molecule has 1 aromatic heterocycles. The third-order valence-electron chi connectivity index (χ3n) is 4.92. The molecule has 2 aliphatic heterocycles. The molecule has 0 spiro atoms. The maximum Gasteiger partial charge on any atom is 0.272 e. The molecule has 2 aliphatic rings. The van der Waals surface area contributed by atoms with Gasteiger partial charge in [0.2, 0.25) is 0 Å². The highest BCUT2D eigenvalue weighted by atomic mass is 16.5. The Morgan fingerprint density at radius 2 is 1.78 bits per heavy atom.